The molecule has 0 bridgehead atoms. The van der Waals surface area contributed by atoms with Crippen molar-refractivity contribution in [2.45, 2.75) is 19.7 Å². The summed E-state index contributed by atoms with van der Waals surface area (Å²) in [4.78, 5) is 21.6. The van der Waals surface area contributed by atoms with Crippen LogP contribution in [0.5, 0.6) is 0 Å². The second kappa shape index (κ2) is 7.79. The highest BCUT2D eigenvalue weighted by atomic mass is 16.1. The van der Waals surface area contributed by atoms with Crippen molar-refractivity contribution in [3.8, 4) is 11.3 Å². The zero-order valence-corrected chi connectivity index (χ0v) is 16.7. The van der Waals surface area contributed by atoms with Crippen LogP contribution in [0.2, 0.25) is 0 Å². The van der Waals surface area contributed by atoms with Crippen molar-refractivity contribution in [3.05, 3.63) is 60.2 Å². The van der Waals surface area contributed by atoms with E-state index in [-0.39, 0.29) is 11.4 Å². The Morgan fingerprint density at radius 3 is 2.71 bits per heavy atom. The Labute approximate surface area is 191 Å². The molecular weight excluding hydrogens is 390 g/mol. The van der Waals surface area contributed by atoms with E-state index in [1.807, 2.05) is 30.7 Å². The van der Waals surface area contributed by atoms with Crippen molar-refractivity contribution in [2.24, 2.45) is 7.05 Å². The molecule has 4 aromatic rings. The Kier molecular flexibility index (Phi) is 3.05. The number of rotatable bonds is 4. The third-order valence-electron chi connectivity index (χ3n) is 4.98. The highest BCUT2D eigenvalue weighted by molar-refractivity contribution is 6.04. The molecule has 4 heterocycles. The molecular formula is C23H23N7O. The normalized spacial score (nSPS) is 24.0. The number of pyridine rings is 1. The van der Waals surface area contributed by atoms with Crippen molar-refractivity contribution < 1.29 is 15.8 Å². The highest BCUT2D eigenvalue weighted by Crippen LogP contribution is 2.25. The number of nitrogens with one attached hydrogen (secondary N) is 1. The molecule has 0 saturated carbocycles. The molecule has 1 aliphatic rings. The maximum Gasteiger partial charge on any atom is 0.257 e. The second-order valence-corrected chi connectivity index (χ2v) is 6.92. The molecule has 0 atom stereocenters. The molecule has 1 fully saturated rings. The fourth-order valence-corrected chi connectivity index (χ4v) is 3.22. The number of aromatic nitrogens is 5. The van der Waals surface area contributed by atoms with Gasteiger partial charge < -0.3 is 14.8 Å². The van der Waals surface area contributed by atoms with Crippen LogP contribution in [0.3, 0.4) is 0 Å². The first-order chi connectivity index (χ1) is 18.1. The van der Waals surface area contributed by atoms with Gasteiger partial charge in [0.1, 0.15) is 11.6 Å². The van der Waals surface area contributed by atoms with Gasteiger partial charge in [-0.05, 0) is 50.0 Å². The summed E-state index contributed by atoms with van der Waals surface area (Å²) in [6, 6.07) is 9.59. The summed E-state index contributed by atoms with van der Waals surface area (Å²) in [5.41, 5.74) is 2.34. The smallest absolute Gasteiger partial charge is 0.257 e. The fourth-order valence-electron chi connectivity index (χ4n) is 3.22. The molecule has 31 heavy (non-hydrogen) atoms. The number of nitrogens with zero attached hydrogens (tertiary/aromatic N) is 6. The molecule has 1 N–H and O–H groups in total. The van der Waals surface area contributed by atoms with Gasteiger partial charge in [-0.2, -0.15) is 0 Å². The van der Waals surface area contributed by atoms with E-state index < -0.39 is 37.5 Å². The Balaban J connectivity index is 1.45. The standard InChI is InChI=1S/C23H23N7O/c1-15-25-14-20(29(15)2)16-5-6-19-18(11-16)12-21(28-27-19)26-23(31)17-7-8-24-22(13-17)30-9-3-4-10-30/h5-8,11-14H,3-4,9-10H2,1-2H3,(H,26,28,31)/i3D2,4D2,9D2,10D2. The van der Waals surface area contributed by atoms with E-state index in [0.717, 1.165) is 29.3 Å². The van der Waals surface area contributed by atoms with Crippen LogP contribution >= 0.6 is 0 Å². The van der Waals surface area contributed by atoms with Crippen molar-refractivity contribution in [2.75, 3.05) is 23.2 Å². The maximum atomic E-state index is 13.1. The molecule has 1 aliphatic heterocycles. The monoisotopic (exact) mass is 421 g/mol. The molecule has 0 aliphatic carbocycles. The van der Waals surface area contributed by atoms with Gasteiger partial charge in [0.05, 0.1) is 17.4 Å². The summed E-state index contributed by atoms with van der Waals surface area (Å²) < 4.78 is 66.6. The Morgan fingerprint density at radius 2 is 1.94 bits per heavy atom. The minimum Gasteiger partial charge on any atom is -0.357 e. The maximum absolute atomic E-state index is 13.1. The van der Waals surface area contributed by atoms with Crippen LogP contribution in [-0.2, 0) is 7.05 Å². The number of amides is 1. The predicted octanol–water partition coefficient (Wildman–Crippen LogP) is 3.59. The van der Waals surface area contributed by atoms with E-state index >= 15 is 0 Å². The number of fused-ring (bicyclic) bond motifs is 1. The average Bonchev–Trinajstić information content (AvgIpc) is 3.23. The molecule has 8 heteroatoms. The van der Waals surface area contributed by atoms with Crippen molar-refractivity contribution >= 4 is 28.4 Å². The van der Waals surface area contributed by atoms with E-state index in [4.69, 9.17) is 11.0 Å². The first-order valence-electron chi connectivity index (χ1n) is 13.4. The lowest BCUT2D eigenvalue weighted by Crippen LogP contribution is -2.20. The first kappa shape index (κ1) is 12.1. The second-order valence-electron chi connectivity index (χ2n) is 6.92. The van der Waals surface area contributed by atoms with Gasteiger partial charge in [-0.3, -0.25) is 4.79 Å². The predicted molar refractivity (Wildman–Crippen MR) is 120 cm³/mol. The van der Waals surface area contributed by atoms with Crippen LogP contribution in [0, 0.1) is 6.92 Å². The molecule has 3 aromatic heterocycles. The fraction of sp³-hybridized carbons (Fsp3) is 0.261. The first-order valence-corrected chi connectivity index (χ1v) is 9.43. The summed E-state index contributed by atoms with van der Waals surface area (Å²) in [6.07, 6.45) is -3.56. The molecule has 1 amide bonds. The number of hydrogen-bond donors (Lipinski definition) is 1. The molecule has 156 valence electrons. The molecule has 1 aromatic carbocycles. The van der Waals surface area contributed by atoms with Gasteiger partial charge in [0, 0.05) is 53.7 Å². The van der Waals surface area contributed by atoms with Crippen molar-refractivity contribution in [3.63, 3.8) is 0 Å². The zero-order chi connectivity index (χ0) is 28.5. The van der Waals surface area contributed by atoms with E-state index in [1.165, 1.54) is 6.07 Å². The molecule has 1 saturated heterocycles. The van der Waals surface area contributed by atoms with Gasteiger partial charge in [-0.15, -0.1) is 10.2 Å². The molecule has 0 spiro atoms. The van der Waals surface area contributed by atoms with Gasteiger partial charge in [0.15, 0.2) is 5.82 Å². The number of carbonyl (C=O) groups excluding carboxylic acids is 1. The third kappa shape index (κ3) is 3.72. The molecule has 8 nitrogen and oxygen atoms in total. The number of anilines is 2. The third-order valence-corrected chi connectivity index (χ3v) is 4.98. The van der Waals surface area contributed by atoms with Crippen LogP contribution < -0.4 is 10.2 Å². The summed E-state index contributed by atoms with van der Waals surface area (Å²) in [6.45, 7) is -4.33. The van der Waals surface area contributed by atoms with Crippen LogP contribution in [0.15, 0.2) is 48.8 Å². The molecule has 0 radical (unpaired) electrons. The summed E-state index contributed by atoms with van der Waals surface area (Å²) in [7, 11) is 1.91. The van der Waals surface area contributed by atoms with E-state index in [0.29, 0.717) is 15.8 Å². The molecule has 0 unspecified atom stereocenters. The van der Waals surface area contributed by atoms with E-state index in [9.17, 15) is 4.79 Å². The number of aryl methyl sites for hydroxylation is 1. The lowest BCUT2D eigenvalue weighted by molar-refractivity contribution is 0.102. The quantitative estimate of drug-likeness (QED) is 0.542. The average molecular weight is 422 g/mol. The Bertz CT molecular complexity index is 1600. The van der Waals surface area contributed by atoms with E-state index in [1.54, 1.807) is 18.3 Å². The van der Waals surface area contributed by atoms with Crippen LogP contribution in [0.1, 0.15) is 39.9 Å². The van der Waals surface area contributed by atoms with Crippen molar-refractivity contribution in [1.29, 1.82) is 0 Å². The molecule has 5 rings (SSSR count). The lowest BCUT2D eigenvalue weighted by atomic mass is 10.1. The van der Waals surface area contributed by atoms with Gasteiger partial charge in [-0.25, -0.2) is 9.97 Å². The van der Waals surface area contributed by atoms with Gasteiger partial charge in [-0.1, -0.05) is 6.07 Å². The minimum atomic E-state index is -3.23. The Morgan fingerprint density at radius 1 is 1.10 bits per heavy atom. The van der Waals surface area contributed by atoms with E-state index in [2.05, 4.69) is 25.5 Å². The topological polar surface area (TPSA) is 88.8 Å². The van der Waals surface area contributed by atoms with Gasteiger partial charge >= 0.3 is 0 Å². The highest BCUT2D eigenvalue weighted by Gasteiger charge is 2.16. The summed E-state index contributed by atoms with van der Waals surface area (Å²) in [5.74, 6) is -0.144. The number of benzene rings is 1. The summed E-state index contributed by atoms with van der Waals surface area (Å²) >= 11 is 0. The minimum absolute atomic E-state index is 0.0550. The number of carbonyl (C=O) groups is 1. The number of hydrogen-bond acceptors (Lipinski definition) is 6. The number of imidazole rings is 1. The van der Waals surface area contributed by atoms with Crippen LogP contribution in [0.25, 0.3) is 22.2 Å². The zero-order valence-electron chi connectivity index (χ0n) is 24.7. The summed E-state index contributed by atoms with van der Waals surface area (Å²) in [5, 5.41) is 11.5. The van der Waals surface area contributed by atoms with Crippen LogP contribution in [0.4, 0.5) is 11.6 Å². The lowest BCUT2D eigenvalue weighted by Gasteiger charge is -2.16. The van der Waals surface area contributed by atoms with Crippen LogP contribution in [-0.4, -0.2) is 43.6 Å². The van der Waals surface area contributed by atoms with Gasteiger partial charge in [0.25, 0.3) is 5.91 Å². The SMILES string of the molecule is [2H]C1([2H])N(c2cc(C(=O)Nc3cc4cc(-c5cnc(C)n5C)ccc4nn3)ccn2)C([2H])([2H])C([2H])([2H])C1([2H])[2H]. The largest absolute Gasteiger partial charge is 0.357 e. The Hall–Kier alpha value is -3.81. The van der Waals surface area contributed by atoms with Crippen molar-refractivity contribution in [1.82, 2.24) is 24.7 Å². The van der Waals surface area contributed by atoms with Gasteiger partial charge in [0.2, 0.25) is 0 Å².